The Kier molecular flexibility index (Phi) is 4.29. The minimum Gasteiger partial charge on any atom is -0.337 e. The van der Waals surface area contributed by atoms with Crippen LogP contribution >= 0.6 is 0 Å². The Morgan fingerprint density at radius 3 is 2.39 bits per heavy atom. The first-order valence-electron chi connectivity index (χ1n) is 7.93. The predicted molar refractivity (Wildman–Crippen MR) is 89.9 cm³/mol. The van der Waals surface area contributed by atoms with E-state index in [9.17, 15) is 8.42 Å². The van der Waals surface area contributed by atoms with Gasteiger partial charge in [0.1, 0.15) is 0 Å². The summed E-state index contributed by atoms with van der Waals surface area (Å²) >= 11 is 0. The third-order valence-electron chi connectivity index (χ3n) is 4.84. The number of aryl methyl sites for hydroxylation is 3. The molecule has 0 saturated carbocycles. The maximum Gasteiger partial charge on any atom is 0.243 e. The third kappa shape index (κ3) is 3.05. The van der Waals surface area contributed by atoms with E-state index in [2.05, 4.69) is 4.98 Å². The van der Waals surface area contributed by atoms with Crippen LogP contribution in [0.4, 0.5) is 0 Å². The summed E-state index contributed by atoms with van der Waals surface area (Å²) in [5, 5.41) is 0. The van der Waals surface area contributed by atoms with Crippen molar-refractivity contribution in [3.63, 3.8) is 0 Å². The van der Waals surface area contributed by atoms with Gasteiger partial charge in [-0.15, -0.1) is 0 Å². The molecule has 2 heterocycles. The second-order valence-corrected chi connectivity index (χ2v) is 8.29. The highest BCUT2D eigenvalue weighted by atomic mass is 32.2. The second kappa shape index (κ2) is 6.09. The molecule has 3 rings (SSSR count). The van der Waals surface area contributed by atoms with Crippen LogP contribution in [0.15, 0.2) is 35.6 Å². The largest absolute Gasteiger partial charge is 0.337 e. The number of hydrogen-bond acceptors (Lipinski definition) is 3. The van der Waals surface area contributed by atoms with Gasteiger partial charge in [0.05, 0.1) is 11.2 Å². The summed E-state index contributed by atoms with van der Waals surface area (Å²) in [6.07, 6.45) is 5.36. The molecule has 6 heteroatoms. The maximum atomic E-state index is 12.8. The first kappa shape index (κ1) is 16.2. The summed E-state index contributed by atoms with van der Waals surface area (Å²) in [7, 11) is -1.41. The lowest BCUT2D eigenvalue weighted by Gasteiger charge is -2.31. The Hall–Kier alpha value is -1.66. The summed E-state index contributed by atoms with van der Waals surface area (Å²) in [6.45, 7) is 5.06. The summed E-state index contributed by atoms with van der Waals surface area (Å²) in [4.78, 5) is 4.56. The number of rotatable bonds is 3. The van der Waals surface area contributed by atoms with E-state index in [1.165, 1.54) is 5.69 Å². The van der Waals surface area contributed by atoms with E-state index in [0.717, 1.165) is 24.0 Å². The molecule has 0 N–H and O–H groups in total. The molecule has 1 fully saturated rings. The van der Waals surface area contributed by atoms with Crippen LogP contribution in [-0.4, -0.2) is 35.4 Å². The van der Waals surface area contributed by atoms with Crippen molar-refractivity contribution in [3.05, 3.63) is 47.5 Å². The standard InChI is InChI=1S/C17H23N3O2S/c1-13-4-5-16(10-14(13)2)23(21,22)20-8-6-15(7-9-20)17-11-18-12-19(17)3/h4-5,10-12,15H,6-9H2,1-3H3. The Balaban J connectivity index is 1.76. The fourth-order valence-electron chi connectivity index (χ4n) is 3.18. The molecule has 0 unspecified atom stereocenters. The molecule has 2 aromatic rings. The van der Waals surface area contributed by atoms with Gasteiger partial charge < -0.3 is 4.57 Å². The minimum atomic E-state index is -3.39. The highest BCUT2D eigenvalue weighted by Crippen LogP contribution is 2.30. The average molecular weight is 333 g/mol. The van der Waals surface area contributed by atoms with Crippen molar-refractivity contribution in [1.82, 2.24) is 13.9 Å². The van der Waals surface area contributed by atoms with Crippen molar-refractivity contribution < 1.29 is 8.42 Å². The summed E-state index contributed by atoms with van der Waals surface area (Å²) < 4.78 is 29.3. The van der Waals surface area contributed by atoms with Gasteiger partial charge >= 0.3 is 0 Å². The zero-order valence-corrected chi connectivity index (χ0v) is 14.7. The number of aromatic nitrogens is 2. The van der Waals surface area contributed by atoms with Crippen molar-refractivity contribution in [2.75, 3.05) is 13.1 Å². The van der Waals surface area contributed by atoms with Crippen LogP contribution in [0.1, 0.15) is 35.6 Å². The van der Waals surface area contributed by atoms with Gasteiger partial charge in [0.15, 0.2) is 0 Å². The van der Waals surface area contributed by atoms with Crippen LogP contribution in [0.2, 0.25) is 0 Å². The van der Waals surface area contributed by atoms with Gasteiger partial charge in [-0.2, -0.15) is 4.31 Å². The molecular weight excluding hydrogens is 310 g/mol. The minimum absolute atomic E-state index is 0.383. The van der Waals surface area contributed by atoms with Crippen molar-refractivity contribution >= 4 is 10.0 Å². The summed E-state index contributed by atoms with van der Waals surface area (Å²) in [5.41, 5.74) is 3.31. The number of imidazole rings is 1. The van der Waals surface area contributed by atoms with Crippen molar-refractivity contribution in [3.8, 4) is 0 Å². The first-order chi connectivity index (χ1) is 10.9. The molecular formula is C17H23N3O2S. The van der Waals surface area contributed by atoms with Gasteiger partial charge in [-0.05, 0) is 49.9 Å². The Bertz CT molecular complexity index is 803. The molecule has 1 aromatic heterocycles. The number of piperidine rings is 1. The number of sulfonamides is 1. The fourth-order valence-corrected chi connectivity index (χ4v) is 4.73. The lowest BCUT2D eigenvalue weighted by Crippen LogP contribution is -2.38. The van der Waals surface area contributed by atoms with E-state index in [1.807, 2.05) is 37.7 Å². The number of hydrogen-bond donors (Lipinski definition) is 0. The third-order valence-corrected chi connectivity index (χ3v) is 6.74. The molecule has 0 aliphatic carbocycles. The predicted octanol–water partition coefficient (Wildman–Crippen LogP) is 2.61. The summed E-state index contributed by atoms with van der Waals surface area (Å²) in [6, 6.07) is 5.37. The molecule has 1 aliphatic heterocycles. The van der Waals surface area contributed by atoms with E-state index in [0.29, 0.717) is 23.9 Å². The Labute approximate surface area is 138 Å². The maximum absolute atomic E-state index is 12.8. The first-order valence-corrected chi connectivity index (χ1v) is 9.37. The highest BCUT2D eigenvalue weighted by molar-refractivity contribution is 7.89. The fraction of sp³-hybridized carbons (Fsp3) is 0.471. The SMILES string of the molecule is Cc1ccc(S(=O)(=O)N2CCC(c3cncn3C)CC2)cc1C. The molecule has 1 aromatic carbocycles. The molecule has 124 valence electrons. The van der Waals surface area contributed by atoms with Gasteiger partial charge in [0, 0.05) is 37.9 Å². The van der Waals surface area contributed by atoms with Crippen LogP contribution < -0.4 is 0 Å². The number of benzene rings is 1. The molecule has 1 aliphatic rings. The molecule has 0 amide bonds. The second-order valence-electron chi connectivity index (χ2n) is 6.35. The molecule has 5 nitrogen and oxygen atoms in total. The van der Waals surface area contributed by atoms with Gasteiger partial charge in [0.25, 0.3) is 0 Å². The van der Waals surface area contributed by atoms with E-state index in [-0.39, 0.29) is 0 Å². The smallest absolute Gasteiger partial charge is 0.243 e. The van der Waals surface area contributed by atoms with Gasteiger partial charge in [-0.1, -0.05) is 6.07 Å². The molecule has 23 heavy (non-hydrogen) atoms. The summed E-state index contributed by atoms with van der Waals surface area (Å²) in [5.74, 6) is 0.383. The quantitative estimate of drug-likeness (QED) is 0.867. The van der Waals surface area contributed by atoms with Crippen LogP contribution in [0, 0.1) is 13.8 Å². The number of nitrogens with zero attached hydrogens (tertiary/aromatic N) is 3. The van der Waals surface area contributed by atoms with Crippen LogP contribution in [0.5, 0.6) is 0 Å². The van der Waals surface area contributed by atoms with Crippen LogP contribution in [0.3, 0.4) is 0 Å². The topological polar surface area (TPSA) is 55.2 Å². The van der Waals surface area contributed by atoms with Gasteiger partial charge in [-0.25, -0.2) is 13.4 Å². The molecule has 0 spiro atoms. The molecule has 0 atom stereocenters. The van der Waals surface area contributed by atoms with Crippen molar-refractivity contribution in [2.45, 2.75) is 37.5 Å². The zero-order chi connectivity index (χ0) is 16.6. The van der Waals surface area contributed by atoms with Crippen LogP contribution in [0.25, 0.3) is 0 Å². The Morgan fingerprint density at radius 2 is 1.83 bits per heavy atom. The molecule has 0 radical (unpaired) electrons. The van der Waals surface area contributed by atoms with Crippen LogP contribution in [-0.2, 0) is 17.1 Å². The lowest BCUT2D eigenvalue weighted by atomic mass is 9.95. The molecule has 1 saturated heterocycles. The Morgan fingerprint density at radius 1 is 1.13 bits per heavy atom. The zero-order valence-electron chi connectivity index (χ0n) is 13.9. The average Bonchev–Trinajstić information content (AvgIpc) is 2.96. The van der Waals surface area contributed by atoms with Crippen molar-refractivity contribution in [2.24, 2.45) is 7.05 Å². The highest BCUT2D eigenvalue weighted by Gasteiger charge is 2.30. The van der Waals surface area contributed by atoms with E-state index in [4.69, 9.17) is 0 Å². The van der Waals surface area contributed by atoms with Gasteiger partial charge in [0.2, 0.25) is 10.0 Å². The van der Waals surface area contributed by atoms with E-state index in [1.54, 1.807) is 22.8 Å². The lowest BCUT2D eigenvalue weighted by molar-refractivity contribution is 0.314. The normalized spacial score (nSPS) is 17.5. The van der Waals surface area contributed by atoms with E-state index >= 15 is 0 Å². The molecule has 0 bridgehead atoms. The van der Waals surface area contributed by atoms with Crippen molar-refractivity contribution in [1.29, 1.82) is 0 Å². The van der Waals surface area contributed by atoms with Gasteiger partial charge in [-0.3, -0.25) is 0 Å². The monoisotopic (exact) mass is 333 g/mol. The van der Waals surface area contributed by atoms with E-state index < -0.39 is 10.0 Å².